The molecule has 2 saturated heterocycles. The molecule has 9 nitrogen and oxygen atoms in total. The van der Waals surface area contributed by atoms with Crippen molar-refractivity contribution in [2.45, 2.75) is 45.1 Å². The van der Waals surface area contributed by atoms with E-state index in [0.29, 0.717) is 18.4 Å². The summed E-state index contributed by atoms with van der Waals surface area (Å²) in [5.41, 5.74) is 1.84. The van der Waals surface area contributed by atoms with E-state index in [1.807, 2.05) is 22.7 Å². The lowest BCUT2D eigenvalue weighted by atomic mass is 10.1. The van der Waals surface area contributed by atoms with Crippen molar-refractivity contribution in [3.05, 3.63) is 22.6 Å². The van der Waals surface area contributed by atoms with E-state index in [1.165, 1.54) is 0 Å². The molecule has 4 rings (SSSR count). The Hall–Kier alpha value is -2.20. The van der Waals surface area contributed by atoms with E-state index in [1.54, 1.807) is 6.20 Å². The van der Waals surface area contributed by atoms with Gasteiger partial charge in [0.1, 0.15) is 5.82 Å². The molecule has 2 fully saturated rings. The molecule has 2 aliphatic rings. The van der Waals surface area contributed by atoms with Crippen molar-refractivity contribution in [2.75, 3.05) is 43.4 Å². The van der Waals surface area contributed by atoms with Crippen LogP contribution in [0.3, 0.4) is 0 Å². The number of carbonyl (C=O) groups excluding carboxylic acids is 1. The van der Waals surface area contributed by atoms with Crippen molar-refractivity contribution in [3.63, 3.8) is 0 Å². The highest BCUT2D eigenvalue weighted by molar-refractivity contribution is 9.10. The second kappa shape index (κ2) is 9.74. The number of anilines is 3. The molecule has 1 atom stereocenters. The fourth-order valence-electron chi connectivity index (χ4n) is 3.90. The molecular weight excluding hydrogens is 448 g/mol. The maximum Gasteiger partial charge on any atom is 0.229 e. The topological polar surface area (TPSA) is 100 Å². The molecule has 0 unspecified atom stereocenters. The highest BCUT2D eigenvalue weighted by Crippen LogP contribution is 2.25. The van der Waals surface area contributed by atoms with Crippen molar-refractivity contribution in [1.29, 1.82) is 0 Å². The zero-order chi connectivity index (χ0) is 20.9. The van der Waals surface area contributed by atoms with Gasteiger partial charge >= 0.3 is 0 Å². The zero-order valence-corrected chi connectivity index (χ0v) is 18.9. The third kappa shape index (κ3) is 5.10. The van der Waals surface area contributed by atoms with Crippen LogP contribution < -0.4 is 16.0 Å². The van der Waals surface area contributed by atoms with Crippen LogP contribution in [-0.4, -0.2) is 63.3 Å². The first-order chi connectivity index (χ1) is 14.6. The third-order valence-corrected chi connectivity index (χ3v) is 6.21. The molecule has 162 valence electrons. The Morgan fingerprint density at radius 1 is 1.37 bits per heavy atom. The van der Waals surface area contributed by atoms with Crippen molar-refractivity contribution >= 4 is 39.3 Å². The normalized spacial score (nSPS) is 19.3. The molecule has 3 N–H and O–H groups in total. The SMILES string of the molecule is Cc1nn([C@@H]2CCNC2)cc1Nc1ncc(Br)c(NCCCN2CCCCC2=O)n1. The lowest BCUT2D eigenvalue weighted by Gasteiger charge is -2.26. The molecule has 0 bridgehead atoms. The monoisotopic (exact) mass is 476 g/mol. The molecule has 0 aliphatic carbocycles. The van der Waals surface area contributed by atoms with E-state index in [9.17, 15) is 4.79 Å². The number of piperidine rings is 1. The Kier molecular flexibility index (Phi) is 6.83. The van der Waals surface area contributed by atoms with Crippen LogP contribution in [0.4, 0.5) is 17.5 Å². The average Bonchev–Trinajstić information content (AvgIpc) is 3.39. The van der Waals surface area contributed by atoms with Gasteiger partial charge in [-0.2, -0.15) is 10.1 Å². The molecular formula is C20H29BrN8O. The maximum absolute atomic E-state index is 11.9. The van der Waals surface area contributed by atoms with E-state index >= 15 is 0 Å². The Morgan fingerprint density at radius 2 is 2.27 bits per heavy atom. The van der Waals surface area contributed by atoms with E-state index in [4.69, 9.17) is 0 Å². The van der Waals surface area contributed by atoms with Crippen LogP contribution in [0.5, 0.6) is 0 Å². The summed E-state index contributed by atoms with van der Waals surface area (Å²) < 4.78 is 2.84. The average molecular weight is 477 g/mol. The predicted octanol–water partition coefficient (Wildman–Crippen LogP) is 2.84. The van der Waals surface area contributed by atoms with Gasteiger partial charge in [-0.1, -0.05) is 0 Å². The maximum atomic E-state index is 11.9. The second-order valence-corrected chi connectivity index (χ2v) is 8.74. The van der Waals surface area contributed by atoms with Crippen molar-refractivity contribution in [3.8, 4) is 0 Å². The van der Waals surface area contributed by atoms with Gasteiger partial charge in [-0.25, -0.2) is 4.98 Å². The molecule has 10 heteroatoms. The van der Waals surface area contributed by atoms with Gasteiger partial charge in [0.15, 0.2) is 0 Å². The van der Waals surface area contributed by atoms with Gasteiger partial charge in [-0.15, -0.1) is 0 Å². The third-order valence-electron chi connectivity index (χ3n) is 5.63. The number of hydrogen-bond acceptors (Lipinski definition) is 7. The summed E-state index contributed by atoms with van der Waals surface area (Å²) in [6, 6.07) is 0.397. The molecule has 30 heavy (non-hydrogen) atoms. The van der Waals surface area contributed by atoms with E-state index in [0.717, 1.165) is 80.1 Å². The van der Waals surface area contributed by atoms with Crippen LogP contribution in [0.15, 0.2) is 16.9 Å². The van der Waals surface area contributed by atoms with E-state index in [-0.39, 0.29) is 5.91 Å². The summed E-state index contributed by atoms with van der Waals surface area (Å²) >= 11 is 3.51. The van der Waals surface area contributed by atoms with Crippen LogP contribution in [0.25, 0.3) is 0 Å². The van der Waals surface area contributed by atoms with Gasteiger partial charge in [0, 0.05) is 45.0 Å². The summed E-state index contributed by atoms with van der Waals surface area (Å²) in [5, 5.41) is 14.7. The van der Waals surface area contributed by atoms with Crippen molar-refractivity contribution in [1.82, 2.24) is 30.0 Å². The fourth-order valence-corrected chi connectivity index (χ4v) is 4.23. The van der Waals surface area contributed by atoms with Crippen LogP contribution in [0.1, 0.15) is 43.8 Å². The number of nitrogens with one attached hydrogen (secondary N) is 3. The smallest absolute Gasteiger partial charge is 0.229 e. The van der Waals surface area contributed by atoms with Gasteiger partial charge in [-0.3, -0.25) is 9.48 Å². The molecule has 0 saturated carbocycles. The minimum absolute atomic E-state index is 0.278. The number of likely N-dealkylation sites (tertiary alicyclic amines) is 1. The number of hydrogen-bond donors (Lipinski definition) is 3. The summed E-state index contributed by atoms with van der Waals surface area (Å²) in [6.07, 6.45) is 8.56. The van der Waals surface area contributed by atoms with Gasteiger partial charge in [0.05, 0.1) is 21.9 Å². The quantitative estimate of drug-likeness (QED) is 0.503. The molecule has 2 aromatic heterocycles. The van der Waals surface area contributed by atoms with Gasteiger partial charge in [-0.05, 0) is 55.1 Å². The largest absolute Gasteiger partial charge is 0.369 e. The number of halogens is 1. The first-order valence-electron chi connectivity index (χ1n) is 10.7. The Balaban J connectivity index is 1.33. The standard InChI is InChI=1S/C20H29BrN8O/c1-14-17(13-29(27-14)15-6-8-22-11-15)25-20-24-12-16(21)19(26-20)23-7-4-10-28-9-3-2-5-18(28)30/h12-13,15,22H,2-11H2,1H3,(H2,23,24,25,26)/t15-/m1/s1. The van der Waals surface area contributed by atoms with Crippen molar-refractivity contribution in [2.24, 2.45) is 0 Å². The highest BCUT2D eigenvalue weighted by Gasteiger charge is 2.19. The van der Waals surface area contributed by atoms with Gasteiger partial charge in [0.25, 0.3) is 0 Å². The minimum atomic E-state index is 0.278. The van der Waals surface area contributed by atoms with E-state index in [2.05, 4.69) is 46.9 Å². The molecule has 1 amide bonds. The number of aryl methyl sites for hydroxylation is 1. The van der Waals surface area contributed by atoms with E-state index < -0.39 is 0 Å². The molecule has 4 heterocycles. The molecule has 0 spiro atoms. The van der Waals surface area contributed by atoms with Crippen molar-refractivity contribution < 1.29 is 4.79 Å². The van der Waals surface area contributed by atoms with Crippen LogP contribution in [0.2, 0.25) is 0 Å². The number of nitrogens with zero attached hydrogens (tertiary/aromatic N) is 5. The highest BCUT2D eigenvalue weighted by atomic mass is 79.9. The molecule has 2 aliphatic heterocycles. The number of aromatic nitrogens is 4. The summed E-state index contributed by atoms with van der Waals surface area (Å²) in [5.74, 6) is 1.54. The number of carbonyl (C=O) groups is 1. The number of rotatable bonds is 8. The van der Waals surface area contributed by atoms with Gasteiger partial charge in [0.2, 0.25) is 11.9 Å². The molecule has 0 aromatic carbocycles. The minimum Gasteiger partial charge on any atom is -0.369 e. The summed E-state index contributed by atoms with van der Waals surface area (Å²) in [4.78, 5) is 22.9. The first-order valence-corrected chi connectivity index (χ1v) is 11.5. The van der Waals surface area contributed by atoms with Crippen LogP contribution in [0, 0.1) is 6.92 Å². The second-order valence-electron chi connectivity index (χ2n) is 7.89. The van der Waals surface area contributed by atoms with Crippen LogP contribution >= 0.6 is 15.9 Å². The van der Waals surface area contributed by atoms with Gasteiger partial charge < -0.3 is 20.9 Å². The lowest BCUT2D eigenvalue weighted by molar-refractivity contribution is -0.133. The Bertz CT molecular complexity index is 880. The van der Waals surface area contributed by atoms with Crippen LogP contribution in [-0.2, 0) is 4.79 Å². The molecule has 0 radical (unpaired) electrons. The molecule has 2 aromatic rings. The lowest BCUT2D eigenvalue weighted by Crippen LogP contribution is -2.36. The Labute approximate surface area is 185 Å². The fraction of sp³-hybridized carbons (Fsp3) is 0.600. The zero-order valence-electron chi connectivity index (χ0n) is 17.3. The Morgan fingerprint density at radius 3 is 3.07 bits per heavy atom. The summed E-state index contributed by atoms with van der Waals surface area (Å²) in [7, 11) is 0. The predicted molar refractivity (Wildman–Crippen MR) is 120 cm³/mol. The first kappa shape index (κ1) is 21.0. The summed E-state index contributed by atoms with van der Waals surface area (Å²) in [6.45, 7) is 6.38. The number of amides is 1.